The maximum absolute atomic E-state index is 4.37. The Bertz CT molecular complexity index is 615. The van der Waals surface area contributed by atoms with E-state index in [1.165, 1.54) is 69.5 Å². The summed E-state index contributed by atoms with van der Waals surface area (Å²) in [6, 6.07) is 9.04. The van der Waals surface area contributed by atoms with E-state index < -0.39 is 0 Å². The van der Waals surface area contributed by atoms with Crippen LogP contribution in [-0.4, -0.2) is 87.1 Å². The van der Waals surface area contributed by atoms with Crippen molar-refractivity contribution in [1.82, 2.24) is 25.3 Å². The molecule has 0 saturated carbocycles. The molecule has 2 heterocycles. The van der Waals surface area contributed by atoms with Crippen LogP contribution in [0.15, 0.2) is 29.3 Å². The molecule has 2 aliphatic rings. The van der Waals surface area contributed by atoms with Gasteiger partial charge in [0.1, 0.15) is 0 Å². The van der Waals surface area contributed by atoms with Gasteiger partial charge in [-0.2, -0.15) is 0 Å². The van der Waals surface area contributed by atoms with E-state index in [-0.39, 0.29) is 24.0 Å². The van der Waals surface area contributed by atoms with Crippen LogP contribution in [0.4, 0.5) is 0 Å². The highest BCUT2D eigenvalue weighted by Gasteiger charge is 2.12. The zero-order valence-electron chi connectivity index (χ0n) is 18.9. The average molecular weight is 529 g/mol. The van der Waals surface area contributed by atoms with Gasteiger partial charge in [0, 0.05) is 46.3 Å². The van der Waals surface area contributed by atoms with Gasteiger partial charge in [-0.3, -0.25) is 9.89 Å². The zero-order chi connectivity index (χ0) is 20.3. The van der Waals surface area contributed by atoms with Crippen molar-refractivity contribution >= 4 is 29.9 Å². The number of aliphatic imine (C=N–C) groups is 1. The second-order valence-electron chi connectivity index (χ2n) is 8.50. The number of nitrogens with one attached hydrogen (secondary N) is 2. The molecular weight excluding hydrogens is 487 g/mol. The summed E-state index contributed by atoms with van der Waals surface area (Å²) in [5.74, 6) is 0.884. The average Bonchev–Trinajstić information content (AvgIpc) is 2.96. The van der Waals surface area contributed by atoms with Crippen molar-refractivity contribution in [2.75, 3.05) is 66.5 Å². The Kier molecular flexibility index (Phi) is 12.0. The highest BCUT2D eigenvalue weighted by atomic mass is 127. The number of rotatable bonds is 7. The lowest BCUT2D eigenvalue weighted by atomic mass is 10.1. The fourth-order valence-corrected chi connectivity index (χ4v) is 4.20. The Hall–Kier alpha value is -0.900. The van der Waals surface area contributed by atoms with Crippen LogP contribution in [0.1, 0.15) is 36.8 Å². The third kappa shape index (κ3) is 9.08. The van der Waals surface area contributed by atoms with Gasteiger partial charge in [-0.05, 0) is 63.6 Å². The van der Waals surface area contributed by atoms with E-state index in [0.717, 1.165) is 38.7 Å². The maximum atomic E-state index is 4.37. The SMILES string of the molecule is CN=C(NCCN1CCCN(C)CC1)NCc1ccc(CN2CCCCC2)cc1.I. The summed E-state index contributed by atoms with van der Waals surface area (Å²) < 4.78 is 0. The number of hydrogen-bond donors (Lipinski definition) is 2. The van der Waals surface area contributed by atoms with Crippen LogP contribution in [0.3, 0.4) is 0 Å². The van der Waals surface area contributed by atoms with Crippen molar-refractivity contribution in [3.63, 3.8) is 0 Å². The summed E-state index contributed by atoms with van der Waals surface area (Å²) >= 11 is 0. The third-order valence-corrected chi connectivity index (χ3v) is 6.09. The summed E-state index contributed by atoms with van der Waals surface area (Å²) in [7, 11) is 4.06. The summed E-state index contributed by atoms with van der Waals surface area (Å²) in [4.78, 5) is 11.9. The standard InChI is InChI=1S/C23H40N6.HI/c1-24-23(25-11-16-28-15-6-12-27(2)17-18-28)26-19-21-7-9-22(10-8-21)20-29-13-4-3-5-14-29;/h7-10H,3-6,11-20H2,1-2H3,(H2,24,25,26);1H. The predicted molar refractivity (Wildman–Crippen MR) is 138 cm³/mol. The molecule has 30 heavy (non-hydrogen) atoms. The highest BCUT2D eigenvalue weighted by Crippen LogP contribution is 2.13. The first-order valence-corrected chi connectivity index (χ1v) is 11.4. The molecule has 0 bridgehead atoms. The van der Waals surface area contributed by atoms with Crippen molar-refractivity contribution in [2.45, 2.75) is 38.8 Å². The number of piperidine rings is 1. The fourth-order valence-electron chi connectivity index (χ4n) is 4.20. The van der Waals surface area contributed by atoms with E-state index in [4.69, 9.17) is 0 Å². The normalized spacial score (nSPS) is 19.7. The first kappa shape index (κ1) is 25.4. The van der Waals surface area contributed by atoms with E-state index in [1.54, 1.807) is 0 Å². The van der Waals surface area contributed by atoms with E-state index in [2.05, 4.69) is 61.6 Å². The first-order chi connectivity index (χ1) is 14.2. The first-order valence-electron chi connectivity index (χ1n) is 11.4. The molecule has 2 saturated heterocycles. The van der Waals surface area contributed by atoms with Crippen molar-refractivity contribution in [2.24, 2.45) is 4.99 Å². The summed E-state index contributed by atoms with van der Waals surface area (Å²) in [6.07, 6.45) is 5.36. The Morgan fingerprint density at radius 1 is 0.833 bits per heavy atom. The maximum Gasteiger partial charge on any atom is 0.191 e. The van der Waals surface area contributed by atoms with Gasteiger partial charge in [-0.1, -0.05) is 30.7 Å². The van der Waals surface area contributed by atoms with Gasteiger partial charge in [0.05, 0.1) is 0 Å². The number of benzene rings is 1. The van der Waals surface area contributed by atoms with E-state index in [1.807, 2.05) is 7.05 Å². The molecule has 1 aromatic carbocycles. The van der Waals surface area contributed by atoms with Crippen LogP contribution in [0, 0.1) is 0 Å². The van der Waals surface area contributed by atoms with Crippen LogP contribution in [0.25, 0.3) is 0 Å². The minimum absolute atomic E-state index is 0. The number of nitrogens with zero attached hydrogens (tertiary/aromatic N) is 4. The fraction of sp³-hybridized carbons (Fsp3) is 0.696. The Labute approximate surface area is 200 Å². The number of halogens is 1. The van der Waals surface area contributed by atoms with Crippen LogP contribution < -0.4 is 10.6 Å². The lowest BCUT2D eigenvalue weighted by Gasteiger charge is -2.26. The van der Waals surface area contributed by atoms with Gasteiger partial charge in [0.15, 0.2) is 5.96 Å². The molecule has 0 unspecified atom stereocenters. The van der Waals surface area contributed by atoms with Gasteiger partial charge >= 0.3 is 0 Å². The van der Waals surface area contributed by atoms with E-state index in [9.17, 15) is 0 Å². The molecule has 0 aromatic heterocycles. The summed E-state index contributed by atoms with van der Waals surface area (Å²) in [6.45, 7) is 11.1. The molecule has 3 rings (SSSR count). The molecule has 0 radical (unpaired) electrons. The molecule has 7 heteroatoms. The molecule has 0 amide bonds. The minimum atomic E-state index is 0. The number of guanidine groups is 1. The lowest BCUT2D eigenvalue weighted by molar-refractivity contribution is 0.221. The molecule has 0 spiro atoms. The summed E-state index contributed by atoms with van der Waals surface area (Å²) in [5.41, 5.74) is 2.71. The molecule has 6 nitrogen and oxygen atoms in total. The third-order valence-electron chi connectivity index (χ3n) is 6.09. The van der Waals surface area contributed by atoms with Gasteiger partial charge < -0.3 is 20.4 Å². The van der Waals surface area contributed by atoms with Crippen molar-refractivity contribution in [1.29, 1.82) is 0 Å². The molecule has 1 aromatic rings. The molecule has 2 N–H and O–H groups in total. The number of likely N-dealkylation sites (tertiary alicyclic amines) is 1. The van der Waals surface area contributed by atoms with Gasteiger partial charge in [-0.25, -0.2) is 0 Å². The monoisotopic (exact) mass is 528 g/mol. The minimum Gasteiger partial charge on any atom is -0.355 e. The van der Waals surface area contributed by atoms with Crippen LogP contribution in [0.5, 0.6) is 0 Å². The van der Waals surface area contributed by atoms with Gasteiger partial charge in [0.25, 0.3) is 0 Å². The van der Waals surface area contributed by atoms with Crippen molar-refractivity contribution in [3.05, 3.63) is 35.4 Å². The second kappa shape index (κ2) is 14.2. The quantitative estimate of drug-likeness (QED) is 0.324. The largest absolute Gasteiger partial charge is 0.355 e. The molecule has 0 aliphatic carbocycles. The molecular formula is C23H41IN6. The van der Waals surface area contributed by atoms with Crippen molar-refractivity contribution < 1.29 is 0 Å². The van der Waals surface area contributed by atoms with Crippen LogP contribution >= 0.6 is 24.0 Å². The molecule has 0 atom stereocenters. The predicted octanol–water partition coefficient (Wildman–Crippen LogP) is 2.59. The molecule has 2 aliphatic heterocycles. The number of likely N-dealkylation sites (N-methyl/N-ethyl adjacent to an activating group) is 1. The van der Waals surface area contributed by atoms with E-state index >= 15 is 0 Å². The lowest BCUT2D eigenvalue weighted by Crippen LogP contribution is -2.42. The molecule has 170 valence electrons. The second-order valence-corrected chi connectivity index (χ2v) is 8.50. The van der Waals surface area contributed by atoms with Crippen molar-refractivity contribution in [3.8, 4) is 0 Å². The summed E-state index contributed by atoms with van der Waals surface area (Å²) in [5, 5.41) is 6.91. The number of hydrogen-bond acceptors (Lipinski definition) is 4. The Morgan fingerprint density at radius 2 is 1.53 bits per heavy atom. The highest BCUT2D eigenvalue weighted by molar-refractivity contribution is 14.0. The van der Waals surface area contributed by atoms with Gasteiger partial charge in [0.2, 0.25) is 0 Å². The Balaban J connectivity index is 0.00000320. The zero-order valence-corrected chi connectivity index (χ0v) is 21.2. The smallest absolute Gasteiger partial charge is 0.191 e. The molecule has 2 fully saturated rings. The van der Waals surface area contributed by atoms with E-state index in [0.29, 0.717) is 0 Å². The van der Waals surface area contributed by atoms with Crippen LogP contribution in [-0.2, 0) is 13.1 Å². The van der Waals surface area contributed by atoms with Crippen LogP contribution in [0.2, 0.25) is 0 Å². The van der Waals surface area contributed by atoms with Gasteiger partial charge in [-0.15, -0.1) is 24.0 Å². The Morgan fingerprint density at radius 3 is 2.27 bits per heavy atom. The topological polar surface area (TPSA) is 46.1 Å².